The fourth-order valence-electron chi connectivity index (χ4n) is 4.91. The second-order valence-corrected chi connectivity index (χ2v) is 10.6. The maximum atomic E-state index is 15.4. The van der Waals surface area contributed by atoms with Gasteiger partial charge in [0.25, 0.3) is 0 Å². The molecule has 242 valence electrons. The summed E-state index contributed by atoms with van der Waals surface area (Å²) < 4.78 is 97.7. The van der Waals surface area contributed by atoms with Crippen molar-refractivity contribution in [1.82, 2.24) is 44.8 Å². The first-order valence-corrected chi connectivity index (χ1v) is 13.8. The van der Waals surface area contributed by atoms with Crippen LogP contribution in [0.5, 0.6) is 0 Å². The number of pyridine rings is 2. The van der Waals surface area contributed by atoms with Crippen LogP contribution < -0.4 is 4.73 Å². The van der Waals surface area contributed by atoms with Crippen LogP contribution in [0.4, 0.5) is 30.7 Å². The number of aromatic nitrogens is 10. The largest absolute Gasteiger partial charge is 0.618 e. The molecule has 19 heteroatoms. The zero-order valence-electron chi connectivity index (χ0n) is 23.4. The minimum absolute atomic E-state index is 0.00545. The Morgan fingerprint density at radius 3 is 2.49 bits per heavy atom. The summed E-state index contributed by atoms with van der Waals surface area (Å²) in [7, 11) is 0. The van der Waals surface area contributed by atoms with Crippen LogP contribution in [0.2, 0.25) is 5.02 Å². The predicted octanol–water partition coefficient (Wildman–Crippen LogP) is 5.62. The van der Waals surface area contributed by atoms with Crippen LogP contribution in [0, 0.1) is 11.0 Å². The van der Waals surface area contributed by atoms with E-state index >= 15 is 4.39 Å². The summed E-state index contributed by atoms with van der Waals surface area (Å²) in [5, 5.41) is 32.5. The maximum absolute atomic E-state index is 15.4. The zero-order valence-corrected chi connectivity index (χ0v) is 24.2. The number of benzene rings is 1. The molecule has 6 aromatic rings. The molecule has 1 aromatic carbocycles. The lowest BCUT2D eigenvalue weighted by Gasteiger charge is -2.18. The first-order valence-electron chi connectivity index (χ1n) is 13.4. The van der Waals surface area contributed by atoms with Crippen molar-refractivity contribution in [3.05, 3.63) is 113 Å². The quantitative estimate of drug-likeness (QED) is 0.116. The maximum Gasteiger partial charge on any atom is 0.433 e. The van der Waals surface area contributed by atoms with Gasteiger partial charge < -0.3 is 5.21 Å². The molecule has 0 aliphatic carbocycles. The minimum Gasteiger partial charge on any atom is -0.618 e. The second-order valence-electron chi connectivity index (χ2n) is 10.2. The molecule has 0 fully saturated rings. The standard InChI is InChI=1S/C28H18ClF7N10O/c29-20-2-4-22(45-15-38-41-42-45)25(26(20)30)17-1-3-21(46(47)13-17)23(10-19-6-8-43(40-19)14-27(31,32)33)44-12-18(11-39-44)16-5-7-37-24(9-16)28(34,35)36/h1-9,11-13,15,23H,10,14H2/t23-/m0/s1. The lowest BCUT2D eigenvalue weighted by molar-refractivity contribution is -0.615. The molecular weight excluding hydrogens is 661 g/mol. The molecule has 1 atom stereocenters. The molecule has 0 unspecified atom stereocenters. The van der Waals surface area contributed by atoms with Gasteiger partial charge in [-0.25, -0.2) is 4.39 Å². The van der Waals surface area contributed by atoms with Crippen molar-refractivity contribution >= 4 is 11.6 Å². The Hall–Kier alpha value is -5.39. The normalized spacial score (nSPS) is 12.9. The van der Waals surface area contributed by atoms with E-state index in [1.807, 2.05) is 0 Å². The summed E-state index contributed by atoms with van der Waals surface area (Å²) in [4.78, 5) is 3.35. The summed E-state index contributed by atoms with van der Waals surface area (Å²) in [5.74, 6) is -0.855. The smallest absolute Gasteiger partial charge is 0.433 e. The van der Waals surface area contributed by atoms with E-state index in [4.69, 9.17) is 11.6 Å². The van der Waals surface area contributed by atoms with Crippen LogP contribution in [0.3, 0.4) is 0 Å². The van der Waals surface area contributed by atoms with E-state index in [0.29, 0.717) is 9.41 Å². The van der Waals surface area contributed by atoms with Gasteiger partial charge in [-0.15, -0.1) is 5.10 Å². The molecule has 0 aliphatic heterocycles. The van der Waals surface area contributed by atoms with Gasteiger partial charge in [-0.05, 0) is 52.4 Å². The molecule has 0 aliphatic rings. The van der Waals surface area contributed by atoms with Crippen LogP contribution in [0.15, 0.2) is 79.8 Å². The van der Waals surface area contributed by atoms with E-state index in [1.165, 1.54) is 64.5 Å². The Morgan fingerprint density at radius 1 is 0.979 bits per heavy atom. The molecule has 0 saturated carbocycles. The fraction of sp³-hybridized carbons (Fsp3) is 0.179. The second kappa shape index (κ2) is 12.1. The monoisotopic (exact) mass is 678 g/mol. The highest BCUT2D eigenvalue weighted by Gasteiger charge is 2.33. The van der Waals surface area contributed by atoms with Crippen LogP contribution in [-0.2, 0) is 19.1 Å². The molecule has 0 N–H and O–H groups in total. The molecule has 0 radical (unpaired) electrons. The number of hydrogen-bond acceptors (Lipinski definition) is 7. The summed E-state index contributed by atoms with van der Waals surface area (Å²) in [6.45, 7) is -1.35. The predicted molar refractivity (Wildman–Crippen MR) is 149 cm³/mol. The number of nitrogens with zero attached hydrogens (tertiary/aromatic N) is 10. The number of halogens is 8. The first-order chi connectivity index (χ1) is 22.3. The third-order valence-corrected chi connectivity index (χ3v) is 7.28. The van der Waals surface area contributed by atoms with Crippen LogP contribution in [0.25, 0.3) is 27.9 Å². The molecule has 5 aromatic heterocycles. The van der Waals surface area contributed by atoms with Crippen LogP contribution >= 0.6 is 11.6 Å². The van der Waals surface area contributed by atoms with Gasteiger partial charge in [-0.2, -0.15) is 46.0 Å². The van der Waals surface area contributed by atoms with Crippen LogP contribution in [0.1, 0.15) is 23.1 Å². The molecule has 11 nitrogen and oxygen atoms in total. The van der Waals surface area contributed by atoms with Gasteiger partial charge in [0.1, 0.15) is 24.6 Å². The Morgan fingerprint density at radius 2 is 1.79 bits per heavy atom. The van der Waals surface area contributed by atoms with Crippen molar-refractivity contribution in [2.24, 2.45) is 0 Å². The average molecular weight is 679 g/mol. The van der Waals surface area contributed by atoms with Gasteiger partial charge in [0.2, 0.25) is 5.69 Å². The topological polar surface area (TPSA) is 119 Å². The van der Waals surface area contributed by atoms with E-state index in [-0.39, 0.29) is 50.8 Å². The number of tetrazole rings is 1. The Balaban J connectivity index is 1.42. The van der Waals surface area contributed by atoms with E-state index in [9.17, 15) is 31.5 Å². The van der Waals surface area contributed by atoms with Gasteiger partial charge >= 0.3 is 12.4 Å². The Bertz CT molecular complexity index is 2040. The van der Waals surface area contributed by atoms with E-state index in [0.717, 1.165) is 24.7 Å². The molecular formula is C28H18ClF7N10O. The Labute approximate surface area is 264 Å². The van der Waals surface area contributed by atoms with Gasteiger partial charge in [-0.3, -0.25) is 14.3 Å². The highest BCUT2D eigenvalue weighted by atomic mass is 35.5. The average Bonchev–Trinajstić information content (AvgIpc) is 3.79. The zero-order chi connectivity index (χ0) is 33.5. The summed E-state index contributed by atoms with van der Waals surface area (Å²) in [6, 6.07) is 8.01. The molecule has 0 saturated heterocycles. The molecule has 47 heavy (non-hydrogen) atoms. The van der Waals surface area contributed by atoms with E-state index in [1.54, 1.807) is 0 Å². The van der Waals surface area contributed by atoms with Crippen molar-refractivity contribution in [3.63, 3.8) is 0 Å². The lowest BCUT2D eigenvalue weighted by Crippen LogP contribution is -2.36. The van der Waals surface area contributed by atoms with Crippen molar-refractivity contribution in [2.75, 3.05) is 0 Å². The van der Waals surface area contributed by atoms with Gasteiger partial charge in [0.15, 0.2) is 12.0 Å². The number of hydrogen-bond donors (Lipinski definition) is 0. The molecule has 0 bridgehead atoms. The van der Waals surface area contributed by atoms with Gasteiger partial charge in [0.05, 0.1) is 33.7 Å². The summed E-state index contributed by atoms with van der Waals surface area (Å²) in [6.07, 6.45) is -2.34. The summed E-state index contributed by atoms with van der Waals surface area (Å²) >= 11 is 6.04. The van der Waals surface area contributed by atoms with E-state index < -0.39 is 36.5 Å². The minimum atomic E-state index is -4.70. The van der Waals surface area contributed by atoms with E-state index in [2.05, 4.69) is 30.7 Å². The molecule has 0 amide bonds. The van der Waals surface area contributed by atoms with Crippen molar-refractivity contribution < 1.29 is 35.5 Å². The highest BCUT2D eigenvalue weighted by molar-refractivity contribution is 6.31. The van der Waals surface area contributed by atoms with Crippen molar-refractivity contribution in [3.8, 4) is 27.9 Å². The molecule has 5 heterocycles. The number of rotatable bonds is 8. The number of alkyl halides is 6. The third kappa shape index (κ3) is 6.76. The van der Waals surface area contributed by atoms with Crippen molar-refractivity contribution in [2.45, 2.75) is 31.4 Å². The third-order valence-electron chi connectivity index (χ3n) is 6.99. The fourth-order valence-corrected chi connectivity index (χ4v) is 5.07. The lowest BCUT2D eigenvalue weighted by atomic mass is 10.0. The highest BCUT2D eigenvalue weighted by Crippen LogP contribution is 2.34. The first kappa shape index (κ1) is 31.6. The van der Waals surface area contributed by atoms with Crippen LogP contribution in [-0.4, -0.2) is 50.9 Å². The van der Waals surface area contributed by atoms with Crippen molar-refractivity contribution in [1.29, 1.82) is 0 Å². The van der Waals surface area contributed by atoms with Gasteiger partial charge in [-0.1, -0.05) is 11.6 Å². The Kier molecular flexibility index (Phi) is 8.12. The van der Waals surface area contributed by atoms with Gasteiger partial charge in [0, 0.05) is 36.6 Å². The molecule has 6 rings (SSSR count). The summed E-state index contributed by atoms with van der Waals surface area (Å²) in [5.41, 5.74) is -0.435. The SMILES string of the molecule is [O-][n+]1cc(-c2c(-n3cnnn3)ccc(Cl)c2F)ccc1[C@H](Cc1ccn(CC(F)(F)F)n1)n1cc(-c2ccnc(C(F)(F)F)c2)cn1. The molecule has 0 spiro atoms.